The zero-order valence-electron chi connectivity index (χ0n) is 25.8. The van der Waals surface area contributed by atoms with E-state index in [9.17, 15) is 4.79 Å². The molecule has 5 heteroatoms. The number of carbonyl (C=O) groups is 1. The average Bonchev–Trinajstić information content (AvgIpc) is 3.37. The summed E-state index contributed by atoms with van der Waals surface area (Å²) in [5, 5.41) is 1.33. The molecule has 0 spiro atoms. The Kier molecular flexibility index (Phi) is 10.5. The fourth-order valence-electron chi connectivity index (χ4n) is 6.18. The number of aromatic nitrogens is 1. The fourth-order valence-corrected chi connectivity index (χ4v) is 6.18. The van der Waals surface area contributed by atoms with Crippen LogP contribution in [-0.4, -0.2) is 66.6 Å². The van der Waals surface area contributed by atoms with Crippen molar-refractivity contribution < 1.29 is 9.53 Å². The molecule has 40 heavy (non-hydrogen) atoms. The summed E-state index contributed by atoms with van der Waals surface area (Å²) in [4.78, 5) is 21.1. The number of hydrogen-bond acceptors (Lipinski definition) is 3. The van der Waals surface area contributed by atoms with Gasteiger partial charge >= 0.3 is 0 Å². The zero-order valence-corrected chi connectivity index (χ0v) is 25.8. The molecule has 2 fully saturated rings. The van der Waals surface area contributed by atoms with Gasteiger partial charge in [-0.25, -0.2) is 0 Å². The van der Waals surface area contributed by atoms with E-state index >= 15 is 0 Å². The molecule has 2 aromatic rings. The third-order valence-electron chi connectivity index (χ3n) is 9.27. The van der Waals surface area contributed by atoms with E-state index in [0.29, 0.717) is 30.1 Å². The van der Waals surface area contributed by atoms with Crippen LogP contribution >= 0.6 is 0 Å². The molecule has 1 atom stereocenters. The molecule has 2 aliphatic heterocycles. The zero-order chi connectivity index (χ0) is 28.8. The fraction of sp³-hybridized carbons (Fsp3) is 0.571. The summed E-state index contributed by atoms with van der Waals surface area (Å²) < 4.78 is 5.43. The summed E-state index contributed by atoms with van der Waals surface area (Å²) in [5.41, 5.74) is 9.05. The Morgan fingerprint density at radius 2 is 1.82 bits per heavy atom. The van der Waals surface area contributed by atoms with Gasteiger partial charge in [0.2, 0.25) is 5.91 Å². The van der Waals surface area contributed by atoms with Crippen molar-refractivity contribution in [3.8, 4) is 0 Å². The van der Waals surface area contributed by atoms with Gasteiger partial charge in [0.25, 0.3) is 0 Å². The smallest absolute Gasteiger partial charge is 0.223 e. The molecule has 0 bridgehead atoms. The first-order valence-corrected chi connectivity index (χ1v) is 15.5. The van der Waals surface area contributed by atoms with E-state index in [0.717, 1.165) is 65.2 Å². The molecule has 2 saturated heterocycles. The highest BCUT2D eigenvalue weighted by Gasteiger charge is 2.26. The first kappa shape index (κ1) is 30.3. The van der Waals surface area contributed by atoms with Gasteiger partial charge in [0.15, 0.2) is 0 Å². The van der Waals surface area contributed by atoms with E-state index in [2.05, 4.69) is 87.2 Å². The van der Waals surface area contributed by atoms with Gasteiger partial charge in [-0.15, -0.1) is 0 Å². The highest BCUT2D eigenvalue weighted by Crippen LogP contribution is 2.38. The number of rotatable bonds is 10. The number of nitrogens with zero attached hydrogens (tertiary/aromatic N) is 2. The Morgan fingerprint density at radius 1 is 1.12 bits per heavy atom. The minimum absolute atomic E-state index is 0.301. The van der Waals surface area contributed by atoms with Crippen molar-refractivity contribution in [2.45, 2.75) is 79.1 Å². The number of hydrogen-bond donors (Lipinski definition) is 1. The third-order valence-corrected chi connectivity index (χ3v) is 9.27. The maximum Gasteiger partial charge on any atom is 0.223 e. The molecule has 0 saturated carbocycles. The summed E-state index contributed by atoms with van der Waals surface area (Å²) in [7, 11) is 0. The van der Waals surface area contributed by atoms with Crippen LogP contribution in [0.15, 0.2) is 48.1 Å². The minimum atomic E-state index is 0.301. The number of amides is 1. The van der Waals surface area contributed by atoms with Crippen molar-refractivity contribution in [3.63, 3.8) is 0 Å². The molecule has 1 N–H and O–H groups in total. The number of H-pyrrole nitrogens is 1. The van der Waals surface area contributed by atoms with E-state index < -0.39 is 0 Å². The van der Waals surface area contributed by atoms with E-state index in [1.54, 1.807) is 0 Å². The Balaban J connectivity index is 1.53. The van der Waals surface area contributed by atoms with Gasteiger partial charge in [-0.2, -0.15) is 0 Å². The highest BCUT2D eigenvalue weighted by atomic mass is 16.5. The molecule has 4 rings (SSSR count). The number of morpholine rings is 1. The predicted octanol–water partition coefficient (Wildman–Crippen LogP) is 7.67. The molecule has 2 aliphatic rings. The molecule has 1 aromatic heterocycles. The van der Waals surface area contributed by atoms with Gasteiger partial charge in [-0.05, 0) is 79.7 Å². The molecular formula is C35H51N3O2. The van der Waals surface area contributed by atoms with Crippen LogP contribution in [0.4, 0.5) is 0 Å². The quantitative estimate of drug-likeness (QED) is 0.312. The van der Waals surface area contributed by atoms with Crippen LogP contribution in [0.25, 0.3) is 16.5 Å². The number of piperidine rings is 1. The maximum absolute atomic E-state index is 12.9. The van der Waals surface area contributed by atoms with Crippen molar-refractivity contribution in [2.24, 2.45) is 5.92 Å². The van der Waals surface area contributed by atoms with Crippen molar-refractivity contribution in [1.29, 1.82) is 0 Å². The molecule has 1 aromatic carbocycles. The van der Waals surface area contributed by atoms with E-state index in [1.807, 2.05) is 6.08 Å². The minimum Gasteiger partial charge on any atom is -0.379 e. The van der Waals surface area contributed by atoms with Crippen LogP contribution < -0.4 is 0 Å². The highest BCUT2D eigenvalue weighted by molar-refractivity contribution is 5.93. The largest absolute Gasteiger partial charge is 0.379 e. The van der Waals surface area contributed by atoms with Crippen LogP contribution in [0, 0.1) is 5.92 Å². The second-order valence-electron chi connectivity index (χ2n) is 12.2. The van der Waals surface area contributed by atoms with Gasteiger partial charge in [-0.3, -0.25) is 9.69 Å². The SMILES string of the molecule is C=C/C(C)=C(\C=C(\C)C(C)CC)c1[nH]c2ccc(C3CCN(C(=O)CCN4CCOCC4)CC3)cc2c1C(C)C. The number of allylic oxidation sites excluding steroid dienone is 5. The van der Waals surface area contributed by atoms with E-state index in [1.165, 1.54) is 44.4 Å². The third kappa shape index (κ3) is 6.98. The van der Waals surface area contributed by atoms with Crippen LogP contribution in [0.3, 0.4) is 0 Å². The van der Waals surface area contributed by atoms with Gasteiger partial charge in [0.05, 0.1) is 18.9 Å². The van der Waals surface area contributed by atoms with E-state index in [4.69, 9.17) is 4.74 Å². The molecule has 5 nitrogen and oxygen atoms in total. The first-order valence-electron chi connectivity index (χ1n) is 15.5. The van der Waals surface area contributed by atoms with Crippen LogP contribution in [0.1, 0.15) is 95.9 Å². The van der Waals surface area contributed by atoms with Crippen molar-refractivity contribution in [1.82, 2.24) is 14.8 Å². The standard InChI is InChI=1S/C35H51N3O2/c1-8-25(5)27(7)22-30(26(6)9-2)35-34(24(3)4)31-23-29(10-11-32(31)36-35)28-12-16-38(17-13-28)33(39)14-15-37-18-20-40-21-19-37/h9-11,22-25,28,36H,2,8,12-21H2,1,3-7H3/b27-22-,30-26+. The first-order chi connectivity index (χ1) is 19.2. The number of fused-ring (bicyclic) bond motifs is 1. The van der Waals surface area contributed by atoms with Crippen molar-refractivity contribution >= 4 is 22.4 Å². The number of aromatic amines is 1. The summed E-state index contributed by atoms with van der Waals surface area (Å²) in [6.45, 7) is 23.7. The van der Waals surface area contributed by atoms with Gasteiger partial charge < -0.3 is 14.6 Å². The molecule has 1 amide bonds. The lowest BCUT2D eigenvalue weighted by Crippen LogP contribution is -2.41. The Hall–Kier alpha value is -2.63. The monoisotopic (exact) mass is 545 g/mol. The lowest BCUT2D eigenvalue weighted by atomic mass is 9.87. The lowest BCUT2D eigenvalue weighted by Gasteiger charge is -2.33. The van der Waals surface area contributed by atoms with Gasteiger partial charge in [0.1, 0.15) is 0 Å². The molecule has 1 unspecified atom stereocenters. The number of benzene rings is 1. The van der Waals surface area contributed by atoms with Crippen LogP contribution in [-0.2, 0) is 9.53 Å². The normalized spacial score (nSPS) is 19.3. The second-order valence-corrected chi connectivity index (χ2v) is 12.2. The van der Waals surface area contributed by atoms with Crippen LogP contribution in [0.2, 0.25) is 0 Å². The summed E-state index contributed by atoms with van der Waals surface area (Å²) in [5.74, 6) is 1.72. The van der Waals surface area contributed by atoms with Crippen molar-refractivity contribution in [2.75, 3.05) is 45.9 Å². The summed E-state index contributed by atoms with van der Waals surface area (Å²) in [6, 6.07) is 7.00. The summed E-state index contributed by atoms with van der Waals surface area (Å²) >= 11 is 0. The number of carbonyl (C=O) groups excluding carboxylic acids is 1. The Bertz CT molecular complexity index is 1240. The molecule has 3 heterocycles. The molecular weight excluding hydrogens is 494 g/mol. The Morgan fingerprint density at radius 3 is 2.45 bits per heavy atom. The molecule has 0 radical (unpaired) electrons. The Labute approximate surface area is 242 Å². The van der Waals surface area contributed by atoms with Crippen molar-refractivity contribution in [3.05, 3.63) is 64.9 Å². The average molecular weight is 546 g/mol. The van der Waals surface area contributed by atoms with Crippen LogP contribution in [0.5, 0.6) is 0 Å². The van der Waals surface area contributed by atoms with Gasteiger partial charge in [-0.1, -0.05) is 58.1 Å². The molecule has 218 valence electrons. The topological polar surface area (TPSA) is 48.6 Å². The summed E-state index contributed by atoms with van der Waals surface area (Å²) in [6.07, 6.45) is 8.15. The number of ether oxygens (including phenoxy) is 1. The second kappa shape index (κ2) is 13.8. The number of likely N-dealkylation sites (tertiary alicyclic amines) is 1. The maximum atomic E-state index is 12.9. The number of nitrogens with one attached hydrogen (secondary N) is 1. The lowest BCUT2D eigenvalue weighted by molar-refractivity contribution is -0.132. The van der Waals surface area contributed by atoms with E-state index in [-0.39, 0.29) is 0 Å². The van der Waals surface area contributed by atoms with Gasteiger partial charge in [0, 0.05) is 55.6 Å². The predicted molar refractivity (Wildman–Crippen MR) is 169 cm³/mol. The molecule has 0 aliphatic carbocycles.